The lowest BCUT2D eigenvalue weighted by Crippen LogP contribution is -2.52. The fourth-order valence-electron chi connectivity index (χ4n) is 3.48. The molecule has 11 heteroatoms. The molecule has 0 bridgehead atoms. The van der Waals surface area contributed by atoms with Crippen LogP contribution in [-0.4, -0.2) is 50.5 Å². The van der Waals surface area contributed by atoms with Crippen LogP contribution in [0.1, 0.15) is 38.7 Å². The molecule has 0 aromatic heterocycles. The number of amides is 2. The van der Waals surface area contributed by atoms with Crippen molar-refractivity contribution in [3.05, 3.63) is 63.9 Å². The zero-order valence-electron chi connectivity index (χ0n) is 19.9. The number of halogens is 3. The van der Waals surface area contributed by atoms with Crippen molar-refractivity contribution in [3.8, 4) is 0 Å². The van der Waals surface area contributed by atoms with Crippen LogP contribution in [0.25, 0.3) is 0 Å². The molecule has 0 saturated heterocycles. The van der Waals surface area contributed by atoms with E-state index in [0.717, 1.165) is 35.5 Å². The minimum Gasteiger partial charge on any atom is -0.354 e. The van der Waals surface area contributed by atoms with Gasteiger partial charge in [-0.1, -0.05) is 49.5 Å². The molecular weight excluding hydrogens is 516 g/mol. The van der Waals surface area contributed by atoms with E-state index in [1.165, 1.54) is 17.0 Å². The summed E-state index contributed by atoms with van der Waals surface area (Å²) in [4.78, 5) is 27.8. The maximum Gasteiger partial charge on any atom is 0.244 e. The summed E-state index contributed by atoms with van der Waals surface area (Å²) in [6.45, 7) is 3.68. The molecule has 0 radical (unpaired) electrons. The number of benzene rings is 2. The van der Waals surface area contributed by atoms with Crippen LogP contribution in [0.2, 0.25) is 10.0 Å². The van der Waals surface area contributed by atoms with Crippen molar-refractivity contribution in [2.45, 2.75) is 45.7 Å². The summed E-state index contributed by atoms with van der Waals surface area (Å²) in [5.41, 5.74) is 0.762. The van der Waals surface area contributed by atoms with Gasteiger partial charge in [-0.3, -0.25) is 13.9 Å². The number of nitrogens with one attached hydrogen (secondary N) is 1. The summed E-state index contributed by atoms with van der Waals surface area (Å²) in [5.74, 6) is -1.46. The highest BCUT2D eigenvalue weighted by molar-refractivity contribution is 7.92. The second-order valence-corrected chi connectivity index (χ2v) is 10.8. The highest BCUT2D eigenvalue weighted by atomic mass is 35.5. The lowest BCUT2D eigenvalue weighted by Gasteiger charge is -2.33. The summed E-state index contributed by atoms with van der Waals surface area (Å²) in [6, 6.07) is 8.81. The van der Waals surface area contributed by atoms with Gasteiger partial charge in [0.05, 0.1) is 22.0 Å². The van der Waals surface area contributed by atoms with Gasteiger partial charge in [0.15, 0.2) is 0 Å². The molecule has 0 fully saturated rings. The molecule has 0 saturated carbocycles. The molecule has 192 valence electrons. The van der Waals surface area contributed by atoms with E-state index in [0.29, 0.717) is 28.6 Å². The molecule has 35 heavy (non-hydrogen) atoms. The van der Waals surface area contributed by atoms with Gasteiger partial charge in [0.2, 0.25) is 21.8 Å². The second kappa shape index (κ2) is 13.1. The zero-order valence-corrected chi connectivity index (χ0v) is 22.3. The third-order valence-corrected chi connectivity index (χ3v) is 7.23. The highest BCUT2D eigenvalue weighted by Crippen LogP contribution is 2.25. The molecule has 0 aliphatic heterocycles. The Morgan fingerprint density at radius 3 is 2.26 bits per heavy atom. The first kappa shape index (κ1) is 28.9. The smallest absolute Gasteiger partial charge is 0.244 e. The van der Waals surface area contributed by atoms with Gasteiger partial charge >= 0.3 is 0 Å². The van der Waals surface area contributed by atoms with Crippen LogP contribution in [0.15, 0.2) is 42.5 Å². The molecule has 0 spiro atoms. The fraction of sp³-hybridized carbons (Fsp3) is 0.417. The summed E-state index contributed by atoms with van der Waals surface area (Å²) < 4.78 is 39.3. The van der Waals surface area contributed by atoms with Gasteiger partial charge in [-0.15, -0.1) is 0 Å². The third-order valence-electron chi connectivity index (χ3n) is 5.35. The molecule has 2 rings (SSSR count). The van der Waals surface area contributed by atoms with Crippen molar-refractivity contribution >= 4 is 50.7 Å². The van der Waals surface area contributed by atoms with Crippen molar-refractivity contribution in [2.75, 3.05) is 23.7 Å². The van der Waals surface area contributed by atoms with Crippen molar-refractivity contribution < 1.29 is 22.4 Å². The van der Waals surface area contributed by atoms with E-state index in [1.807, 2.05) is 6.92 Å². The molecule has 1 atom stereocenters. The number of sulfonamides is 1. The average Bonchev–Trinajstić information content (AvgIpc) is 2.79. The Morgan fingerprint density at radius 1 is 1.06 bits per heavy atom. The first-order valence-electron chi connectivity index (χ1n) is 11.2. The first-order valence-corrected chi connectivity index (χ1v) is 13.8. The Hall–Kier alpha value is -2.36. The van der Waals surface area contributed by atoms with E-state index >= 15 is 0 Å². The number of hydrogen-bond acceptors (Lipinski definition) is 4. The lowest BCUT2D eigenvalue weighted by molar-refractivity contribution is -0.140. The Balaban J connectivity index is 2.41. The molecule has 1 N–H and O–H groups in total. The number of carbonyl (C=O) groups excluding carboxylic acids is 2. The van der Waals surface area contributed by atoms with Gasteiger partial charge in [0.1, 0.15) is 18.4 Å². The largest absolute Gasteiger partial charge is 0.354 e. The predicted molar refractivity (Wildman–Crippen MR) is 138 cm³/mol. The maximum atomic E-state index is 13.5. The van der Waals surface area contributed by atoms with E-state index in [9.17, 15) is 22.4 Å². The average molecular weight is 546 g/mol. The zero-order chi connectivity index (χ0) is 26.2. The minimum absolute atomic E-state index is 0.0104. The molecule has 2 aromatic carbocycles. The quantitative estimate of drug-likeness (QED) is 0.394. The van der Waals surface area contributed by atoms with Crippen molar-refractivity contribution in [1.29, 1.82) is 0 Å². The molecule has 0 heterocycles. The molecule has 7 nitrogen and oxygen atoms in total. The maximum absolute atomic E-state index is 13.5. The molecule has 0 aliphatic carbocycles. The third kappa shape index (κ3) is 8.37. The van der Waals surface area contributed by atoms with Gasteiger partial charge in [0, 0.05) is 13.1 Å². The second-order valence-electron chi connectivity index (χ2n) is 8.08. The van der Waals surface area contributed by atoms with Crippen LogP contribution in [0.5, 0.6) is 0 Å². The fourth-order valence-corrected chi connectivity index (χ4v) is 4.65. The number of nitrogens with zero attached hydrogens (tertiary/aromatic N) is 2. The van der Waals surface area contributed by atoms with E-state index < -0.39 is 34.3 Å². The van der Waals surface area contributed by atoms with Gasteiger partial charge in [0.25, 0.3) is 0 Å². The van der Waals surface area contributed by atoms with E-state index in [-0.39, 0.29) is 18.1 Å². The first-order chi connectivity index (χ1) is 16.5. The summed E-state index contributed by atoms with van der Waals surface area (Å²) in [5, 5.41) is 3.48. The molecular formula is C24H30Cl2FN3O4S. The molecule has 2 aromatic rings. The minimum atomic E-state index is -3.89. The van der Waals surface area contributed by atoms with Crippen molar-refractivity contribution in [2.24, 2.45) is 0 Å². The van der Waals surface area contributed by atoms with Crippen LogP contribution in [-0.2, 0) is 26.2 Å². The van der Waals surface area contributed by atoms with E-state index in [4.69, 9.17) is 23.2 Å². The molecule has 0 aliphatic rings. The van der Waals surface area contributed by atoms with Crippen LogP contribution in [0.3, 0.4) is 0 Å². The monoisotopic (exact) mass is 545 g/mol. The topological polar surface area (TPSA) is 86.8 Å². The van der Waals surface area contributed by atoms with Crippen LogP contribution < -0.4 is 9.62 Å². The highest BCUT2D eigenvalue weighted by Gasteiger charge is 2.31. The summed E-state index contributed by atoms with van der Waals surface area (Å²) in [7, 11) is -3.89. The molecule has 1 unspecified atom stereocenters. The molecule has 2 amide bonds. The Morgan fingerprint density at radius 2 is 1.71 bits per heavy atom. The lowest BCUT2D eigenvalue weighted by atomic mass is 10.1. The number of anilines is 1. The Bertz CT molecular complexity index is 1130. The van der Waals surface area contributed by atoms with E-state index in [1.54, 1.807) is 25.1 Å². The van der Waals surface area contributed by atoms with Crippen LogP contribution >= 0.6 is 23.2 Å². The number of carbonyl (C=O) groups is 2. The Labute approximate surface area is 216 Å². The number of hydrogen-bond donors (Lipinski definition) is 1. The predicted octanol–water partition coefficient (Wildman–Crippen LogP) is 4.62. The van der Waals surface area contributed by atoms with E-state index in [2.05, 4.69) is 5.32 Å². The van der Waals surface area contributed by atoms with Crippen molar-refractivity contribution in [3.63, 3.8) is 0 Å². The summed E-state index contributed by atoms with van der Waals surface area (Å²) >= 11 is 12.2. The normalized spacial score (nSPS) is 12.2. The summed E-state index contributed by atoms with van der Waals surface area (Å²) in [6.07, 6.45) is 2.95. The van der Waals surface area contributed by atoms with Crippen molar-refractivity contribution in [1.82, 2.24) is 10.2 Å². The Kier molecular flexibility index (Phi) is 10.8. The number of rotatable bonds is 12. The van der Waals surface area contributed by atoms with Gasteiger partial charge in [-0.25, -0.2) is 12.8 Å². The van der Waals surface area contributed by atoms with Gasteiger partial charge < -0.3 is 10.2 Å². The standard InChI is InChI=1S/C24H30Cl2FN3O4S/c1-4-6-13-28-24(32)22(5-2)29(15-17-7-12-20(25)21(26)14-17)23(31)16-30(35(3,33)34)19-10-8-18(27)9-11-19/h7-12,14,22H,4-6,13,15-16H2,1-3H3,(H,28,32). The van der Waals surface area contributed by atoms with Gasteiger partial charge in [-0.2, -0.15) is 0 Å². The number of unbranched alkanes of at least 4 members (excludes halogenated alkanes) is 1. The van der Waals surface area contributed by atoms with Crippen LogP contribution in [0.4, 0.5) is 10.1 Å². The van der Waals surface area contributed by atoms with Gasteiger partial charge in [-0.05, 0) is 54.8 Å². The SMILES string of the molecule is CCCCNC(=O)C(CC)N(Cc1ccc(Cl)c(Cl)c1)C(=O)CN(c1ccc(F)cc1)S(C)(=O)=O. The van der Waals surface area contributed by atoms with Crippen LogP contribution in [0, 0.1) is 5.82 Å².